The van der Waals surface area contributed by atoms with Gasteiger partial charge in [-0.3, -0.25) is 4.90 Å². The number of rotatable bonds is 3. The number of alkyl halides is 3. The quantitative estimate of drug-likeness (QED) is 0.827. The van der Waals surface area contributed by atoms with Crippen LogP contribution in [0.4, 0.5) is 19.0 Å². The summed E-state index contributed by atoms with van der Waals surface area (Å²) in [7, 11) is 0. The molecule has 1 atom stereocenters. The molecule has 3 saturated heterocycles. The fourth-order valence-corrected chi connectivity index (χ4v) is 4.48. The van der Waals surface area contributed by atoms with Crippen molar-refractivity contribution in [3.05, 3.63) is 17.2 Å². The summed E-state index contributed by atoms with van der Waals surface area (Å²) >= 11 is 5.87. The van der Waals surface area contributed by atoms with E-state index in [0.717, 1.165) is 25.9 Å². The van der Waals surface area contributed by atoms with E-state index in [1.165, 1.54) is 6.07 Å². The van der Waals surface area contributed by atoms with Crippen molar-refractivity contribution in [2.75, 3.05) is 18.4 Å². The standard InChI is InChI=1S/C17H19ClF3N3O2/c1-16(2)14(9-5-7-24(16)8-6-9)22-15-10-3-4-11(18)13(12(10)26-23-15)25-17(19,20)21/h3-4,9,14H,5-8H2,1-2H3,(H,22,23)/t14-/m0/s1. The molecule has 3 aliphatic rings. The van der Waals surface area contributed by atoms with Gasteiger partial charge in [-0.25, -0.2) is 0 Å². The van der Waals surface area contributed by atoms with Gasteiger partial charge in [-0.1, -0.05) is 16.8 Å². The van der Waals surface area contributed by atoms with E-state index in [-0.39, 0.29) is 22.2 Å². The van der Waals surface area contributed by atoms with Crippen LogP contribution in [0.1, 0.15) is 26.7 Å². The molecule has 142 valence electrons. The molecule has 0 saturated carbocycles. The van der Waals surface area contributed by atoms with Gasteiger partial charge in [0.2, 0.25) is 5.58 Å². The molecule has 5 nitrogen and oxygen atoms in total. The molecule has 2 bridgehead atoms. The van der Waals surface area contributed by atoms with E-state index in [0.29, 0.717) is 17.1 Å². The number of ether oxygens (including phenoxy) is 1. The highest BCUT2D eigenvalue weighted by molar-refractivity contribution is 6.33. The van der Waals surface area contributed by atoms with E-state index >= 15 is 0 Å². The second-order valence-electron chi connectivity index (χ2n) is 7.43. The van der Waals surface area contributed by atoms with Gasteiger partial charge in [0.1, 0.15) is 0 Å². The van der Waals surface area contributed by atoms with Gasteiger partial charge >= 0.3 is 6.36 Å². The molecular formula is C17H19ClF3N3O2. The topological polar surface area (TPSA) is 50.5 Å². The maximum Gasteiger partial charge on any atom is 0.573 e. The van der Waals surface area contributed by atoms with Gasteiger partial charge in [-0.05, 0) is 57.8 Å². The lowest BCUT2D eigenvalue weighted by Gasteiger charge is -2.56. The van der Waals surface area contributed by atoms with Crippen LogP contribution in [0.25, 0.3) is 11.0 Å². The molecule has 5 rings (SSSR count). The van der Waals surface area contributed by atoms with Crippen LogP contribution in [0, 0.1) is 5.92 Å². The van der Waals surface area contributed by atoms with Gasteiger partial charge in [-0.2, -0.15) is 0 Å². The second-order valence-corrected chi connectivity index (χ2v) is 7.84. The molecule has 0 aliphatic carbocycles. The summed E-state index contributed by atoms with van der Waals surface area (Å²) in [5, 5.41) is 7.61. The Morgan fingerprint density at radius 1 is 1.31 bits per heavy atom. The Hall–Kier alpha value is -1.67. The molecular weight excluding hydrogens is 371 g/mol. The fourth-order valence-electron chi connectivity index (χ4n) is 4.30. The number of nitrogens with zero attached hydrogens (tertiary/aromatic N) is 2. The molecule has 1 aromatic carbocycles. The van der Waals surface area contributed by atoms with Crippen molar-refractivity contribution in [3.63, 3.8) is 0 Å². The molecule has 4 heterocycles. The number of aromatic nitrogens is 1. The third-order valence-electron chi connectivity index (χ3n) is 5.64. The zero-order valence-corrected chi connectivity index (χ0v) is 15.1. The van der Waals surface area contributed by atoms with Gasteiger partial charge in [0.25, 0.3) is 0 Å². The zero-order chi connectivity index (χ0) is 18.7. The van der Waals surface area contributed by atoms with Gasteiger partial charge in [0, 0.05) is 11.6 Å². The van der Waals surface area contributed by atoms with E-state index in [2.05, 4.69) is 34.0 Å². The Morgan fingerprint density at radius 2 is 2.00 bits per heavy atom. The predicted octanol–water partition coefficient (Wildman–Crippen LogP) is 4.66. The first-order chi connectivity index (χ1) is 12.2. The lowest BCUT2D eigenvalue weighted by Crippen LogP contribution is -2.66. The van der Waals surface area contributed by atoms with Crippen LogP contribution in [-0.4, -0.2) is 41.1 Å². The summed E-state index contributed by atoms with van der Waals surface area (Å²) in [4.78, 5) is 2.43. The number of halogens is 4. The van der Waals surface area contributed by atoms with Crippen molar-refractivity contribution in [2.24, 2.45) is 5.92 Å². The van der Waals surface area contributed by atoms with Crippen molar-refractivity contribution in [1.29, 1.82) is 0 Å². The number of anilines is 1. The highest BCUT2D eigenvalue weighted by atomic mass is 35.5. The number of hydrogen-bond donors (Lipinski definition) is 1. The highest BCUT2D eigenvalue weighted by Crippen LogP contribution is 2.43. The van der Waals surface area contributed by atoms with Crippen LogP contribution >= 0.6 is 11.6 Å². The van der Waals surface area contributed by atoms with E-state index in [4.69, 9.17) is 16.1 Å². The minimum atomic E-state index is -4.86. The van der Waals surface area contributed by atoms with Gasteiger partial charge < -0.3 is 14.6 Å². The first kappa shape index (κ1) is 17.7. The Balaban J connectivity index is 1.69. The highest BCUT2D eigenvalue weighted by Gasteiger charge is 2.48. The average Bonchev–Trinajstić information content (AvgIpc) is 2.96. The molecule has 1 aromatic heterocycles. The van der Waals surface area contributed by atoms with Crippen LogP contribution < -0.4 is 10.1 Å². The van der Waals surface area contributed by atoms with E-state index in [1.807, 2.05) is 0 Å². The Morgan fingerprint density at radius 3 is 2.62 bits per heavy atom. The normalized spacial score (nSPS) is 27.7. The molecule has 1 N–H and O–H groups in total. The maximum absolute atomic E-state index is 12.7. The number of hydrogen-bond acceptors (Lipinski definition) is 5. The van der Waals surface area contributed by atoms with E-state index in [9.17, 15) is 13.2 Å². The third kappa shape index (κ3) is 2.89. The molecule has 26 heavy (non-hydrogen) atoms. The molecule has 0 spiro atoms. The lowest BCUT2D eigenvalue weighted by atomic mass is 9.72. The Labute approximate surface area is 153 Å². The van der Waals surface area contributed by atoms with Crippen molar-refractivity contribution in [3.8, 4) is 5.75 Å². The lowest BCUT2D eigenvalue weighted by molar-refractivity contribution is -0.274. The number of fused-ring (bicyclic) bond motifs is 4. The van der Waals surface area contributed by atoms with Crippen molar-refractivity contribution in [2.45, 2.75) is 44.6 Å². The van der Waals surface area contributed by atoms with Crippen molar-refractivity contribution < 1.29 is 22.4 Å². The first-order valence-corrected chi connectivity index (χ1v) is 8.90. The molecule has 0 radical (unpaired) electrons. The van der Waals surface area contributed by atoms with Gasteiger partial charge in [0.15, 0.2) is 11.6 Å². The minimum absolute atomic E-state index is 0.0792. The van der Waals surface area contributed by atoms with Gasteiger partial charge in [0.05, 0.1) is 10.4 Å². The Kier molecular flexibility index (Phi) is 4.04. The summed E-state index contributed by atoms with van der Waals surface area (Å²) in [5.41, 5.74) is -0.194. The summed E-state index contributed by atoms with van der Waals surface area (Å²) in [6, 6.07) is 3.07. The van der Waals surface area contributed by atoms with Crippen LogP contribution in [0.5, 0.6) is 5.75 Å². The predicted molar refractivity (Wildman–Crippen MR) is 91.5 cm³/mol. The molecule has 0 unspecified atom stereocenters. The SMILES string of the molecule is CC1(C)[C@@H](Nc2noc3c(OC(F)(F)F)c(Cl)ccc23)C2CCN1CC2. The molecule has 2 aromatic rings. The largest absolute Gasteiger partial charge is 0.573 e. The number of nitrogens with one attached hydrogen (secondary N) is 1. The molecule has 3 aliphatic heterocycles. The first-order valence-electron chi connectivity index (χ1n) is 8.52. The number of benzene rings is 1. The Bertz CT molecular complexity index is 829. The van der Waals surface area contributed by atoms with Crippen LogP contribution in [0.3, 0.4) is 0 Å². The summed E-state index contributed by atoms with van der Waals surface area (Å²) in [6.45, 7) is 6.48. The van der Waals surface area contributed by atoms with Crippen LogP contribution in [0.2, 0.25) is 5.02 Å². The van der Waals surface area contributed by atoms with Crippen molar-refractivity contribution >= 4 is 28.4 Å². The monoisotopic (exact) mass is 389 g/mol. The van der Waals surface area contributed by atoms with Crippen LogP contribution in [0.15, 0.2) is 16.7 Å². The van der Waals surface area contributed by atoms with Crippen LogP contribution in [-0.2, 0) is 0 Å². The smallest absolute Gasteiger partial charge is 0.400 e. The minimum Gasteiger partial charge on any atom is -0.400 e. The van der Waals surface area contributed by atoms with E-state index in [1.54, 1.807) is 6.07 Å². The third-order valence-corrected chi connectivity index (χ3v) is 5.94. The van der Waals surface area contributed by atoms with Crippen molar-refractivity contribution in [1.82, 2.24) is 10.1 Å². The van der Waals surface area contributed by atoms with Gasteiger partial charge in [-0.15, -0.1) is 13.2 Å². The molecule has 0 amide bonds. The average molecular weight is 390 g/mol. The summed E-state index contributed by atoms with van der Waals surface area (Å²) in [6.07, 6.45) is -2.69. The second kappa shape index (κ2) is 5.92. The zero-order valence-electron chi connectivity index (χ0n) is 14.4. The summed E-state index contributed by atoms with van der Waals surface area (Å²) < 4.78 is 47.2. The number of piperidine rings is 3. The molecule has 9 heteroatoms. The molecule has 3 fully saturated rings. The summed E-state index contributed by atoms with van der Waals surface area (Å²) in [5.74, 6) is 0.334. The van der Waals surface area contributed by atoms with E-state index < -0.39 is 12.1 Å². The maximum atomic E-state index is 12.7. The fraction of sp³-hybridized carbons (Fsp3) is 0.588.